The van der Waals surface area contributed by atoms with Gasteiger partial charge in [-0.3, -0.25) is 0 Å². The lowest BCUT2D eigenvalue weighted by Gasteiger charge is -2.14. The Bertz CT molecular complexity index is 444. The molecule has 4 nitrogen and oxygen atoms in total. The van der Waals surface area contributed by atoms with Crippen LogP contribution in [0.3, 0.4) is 0 Å². The molecule has 0 bridgehead atoms. The Hall–Kier alpha value is -1.91. The van der Waals surface area contributed by atoms with E-state index in [-0.39, 0.29) is 0 Å². The van der Waals surface area contributed by atoms with Gasteiger partial charge in [-0.25, -0.2) is 4.79 Å². The van der Waals surface area contributed by atoms with E-state index in [1.165, 1.54) is 27.4 Å². The summed E-state index contributed by atoms with van der Waals surface area (Å²) in [6.07, 6.45) is 4.37. The van der Waals surface area contributed by atoms with Gasteiger partial charge >= 0.3 is 5.97 Å². The van der Waals surface area contributed by atoms with Crippen molar-refractivity contribution in [3.8, 4) is 0 Å². The Morgan fingerprint density at radius 2 is 1.74 bits per heavy atom. The van der Waals surface area contributed by atoms with Crippen molar-refractivity contribution in [3.05, 3.63) is 53.6 Å². The van der Waals surface area contributed by atoms with Gasteiger partial charge in [0.2, 0.25) is 0 Å². The number of methoxy groups -OCH3 is 3. The molecule has 0 fully saturated rings. The van der Waals surface area contributed by atoms with Gasteiger partial charge in [0.15, 0.2) is 6.29 Å². The number of hydrogen-bond acceptors (Lipinski definition) is 4. The number of esters is 1. The van der Waals surface area contributed by atoms with Crippen LogP contribution in [0, 0.1) is 0 Å². The van der Waals surface area contributed by atoms with Crippen LogP contribution in [0.5, 0.6) is 0 Å². The Morgan fingerprint density at radius 3 is 2.26 bits per heavy atom. The van der Waals surface area contributed by atoms with E-state index < -0.39 is 12.3 Å². The van der Waals surface area contributed by atoms with E-state index >= 15 is 0 Å². The zero-order chi connectivity index (χ0) is 14.1. The van der Waals surface area contributed by atoms with Gasteiger partial charge in [-0.2, -0.15) is 0 Å². The lowest BCUT2D eigenvalue weighted by atomic mass is 10.1. The number of carbonyl (C=O) groups excluding carboxylic acids is 1. The summed E-state index contributed by atoms with van der Waals surface area (Å²) in [5.41, 5.74) is 1.60. The molecule has 0 spiro atoms. The van der Waals surface area contributed by atoms with Gasteiger partial charge in [0.05, 0.1) is 7.11 Å². The minimum Gasteiger partial charge on any atom is -0.466 e. The predicted molar refractivity (Wildman–Crippen MR) is 73.4 cm³/mol. The van der Waals surface area contributed by atoms with Gasteiger partial charge < -0.3 is 14.2 Å². The lowest BCUT2D eigenvalue weighted by Crippen LogP contribution is -2.16. The Labute approximate surface area is 113 Å². The first kappa shape index (κ1) is 15.1. The molecule has 0 N–H and O–H groups in total. The molecule has 4 heteroatoms. The molecule has 1 aromatic rings. The zero-order valence-corrected chi connectivity index (χ0v) is 11.3. The van der Waals surface area contributed by atoms with Gasteiger partial charge in [-0.15, -0.1) is 0 Å². The zero-order valence-electron chi connectivity index (χ0n) is 11.3. The molecule has 0 aliphatic carbocycles. The molecule has 0 heterocycles. The van der Waals surface area contributed by atoms with Crippen molar-refractivity contribution in [2.24, 2.45) is 0 Å². The number of hydrogen-bond donors (Lipinski definition) is 0. The maximum Gasteiger partial charge on any atom is 0.330 e. The molecule has 102 valence electrons. The lowest BCUT2D eigenvalue weighted by molar-refractivity contribution is -0.135. The number of ether oxygens (including phenoxy) is 3. The minimum absolute atomic E-state index is 0.452. The minimum atomic E-state index is -0.612. The van der Waals surface area contributed by atoms with Crippen molar-refractivity contribution in [2.75, 3.05) is 21.3 Å². The van der Waals surface area contributed by atoms with E-state index in [1.54, 1.807) is 6.08 Å². The number of rotatable bonds is 6. The Morgan fingerprint density at radius 1 is 1.11 bits per heavy atom. The summed E-state index contributed by atoms with van der Waals surface area (Å²) in [7, 11) is 4.34. The van der Waals surface area contributed by atoms with Crippen LogP contribution in [-0.2, 0) is 19.0 Å². The van der Waals surface area contributed by atoms with Crippen molar-refractivity contribution in [1.29, 1.82) is 0 Å². The summed E-state index contributed by atoms with van der Waals surface area (Å²) in [6, 6.07) is 9.73. The van der Waals surface area contributed by atoms with Crippen LogP contribution in [0.2, 0.25) is 0 Å². The quantitative estimate of drug-likeness (QED) is 0.342. The number of carbonyl (C=O) groups is 1. The second-order valence-corrected chi connectivity index (χ2v) is 3.71. The Kier molecular flexibility index (Phi) is 6.57. The van der Waals surface area contributed by atoms with E-state index in [0.717, 1.165) is 5.56 Å². The second kappa shape index (κ2) is 8.24. The van der Waals surface area contributed by atoms with Gasteiger partial charge in [-0.1, -0.05) is 42.5 Å². The molecule has 0 atom stereocenters. The fourth-order valence-corrected chi connectivity index (χ4v) is 1.51. The highest BCUT2D eigenvalue weighted by Crippen LogP contribution is 2.12. The fraction of sp³-hybridized carbons (Fsp3) is 0.267. The van der Waals surface area contributed by atoms with Crippen LogP contribution < -0.4 is 0 Å². The molecular formula is C15H18O4. The maximum absolute atomic E-state index is 11.3. The SMILES string of the molecule is COC(=O)/C=C(\C=C\c1ccccc1)C(OC)OC. The molecule has 0 radical (unpaired) electrons. The molecule has 0 amide bonds. The van der Waals surface area contributed by atoms with E-state index in [1.807, 2.05) is 36.4 Å². The van der Waals surface area contributed by atoms with Crippen molar-refractivity contribution in [3.63, 3.8) is 0 Å². The summed E-state index contributed by atoms with van der Waals surface area (Å²) >= 11 is 0. The van der Waals surface area contributed by atoms with Crippen molar-refractivity contribution < 1.29 is 19.0 Å². The maximum atomic E-state index is 11.3. The first-order valence-electron chi connectivity index (χ1n) is 5.79. The fourth-order valence-electron chi connectivity index (χ4n) is 1.51. The summed E-state index contributed by atoms with van der Waals surface area (Å²) in [4.78, 5) is 11.3. The van der Waals surface area contributed by atoms with E-state index in [9.17, 15) is 4.79 Å². The molecule has 0 aliphatic rings. The van der Waals surface area contributed by atoms with Crippen molar-refractivity contribution in [1.82, 2.24) is 0 Å². The Balaban J connectivity index is 2.94. The average molecular weight is 262 g/mol. The van der Waals surface area contributed by atoms with E-state index in [0.29, 0.717) is 5.57 Å². The van der Waals surface area contributed by atoms with Gasteiger partial charge in [0.25, 0.3) is 0 Å². The predicted octanol–water partition coefficient (Wildman–Crippen LogP) is 2.42. The van der Waals surface area contributed by atoms with E-state index in [4.69, 9.17) is 9.47 Å². The van der Waals surface area contributed by atoms with Crippen LogP contribution in [0.4, 0.5) is 0 Å². The highest BCUT2D eigenvalue weighted by molar-refractivity contribution is 5.83. The van der Waals surface area contributed by atoms with Crippen LogP contribution in [0.1, 0.15) is 5.56 Å². The smallest absolute Gasteiger partial charge is 0.330 e. The molecule has 0 aromatic heterocycles. The van der Waals surface area contributed by atoms with Crippen LogP contribution in [0.25, 0.3) is 6.08 Å². The molecule has 19 heavy (non-hydrogen) atoms. The molecule has 0 unspecified atom stereocenters. The third-order valence-corrected chi connectivity index (χ3v) is 2.45. The van der Waals surface area contributed by atoms with Gasteiger partial charge in [0.1, 0.15) is 0 Å². The largest absolute Gasteiger partial charge is 0.466 e. The van der Waals surface area contributed by atoms with E-state index in [2.05, 4.69) is 4.74 Å². The monoisotopic (exact) mass is 262 g/mol. The normalized spacial score (nSPS) is 12.1. The molecule has 0 saturated carbocycles. The second-order valence-electron chi connectivity index (χ2n) is 3.71. The van der Waals surface area contributed by atoms with Gasteiger partial charge in [0, 0.05) is 25.9 Å². The standard InChI is InChI=1S/C15H18O4/c1-17-14(16)11-13(15(18-2)19-3)10-9-12-7-5-4-6-8-12/h4-11,15H,1-3H3/b10-9+,13-11+. The first-order chi connectivity index (χ1) is 9.21. The van der Waals surface area contributed by atoms with Crippen molar-refractivity contribution >= 4 is 12.0 Å². The molecular weight excluding hydrogens is 244 g/mol. The van der Waals surface area contributed by atoms with Gasteiger partial charge in [-0.05, 0) is 5.56 Å². The number of benzene rings is 1. The summed E-state index contributed by atoms with van der Waals surface area (Å²) in [5, 5.41) is 0. The molecule has 0 saturated heterocycles. The summed E-state index contributed by atoms with van der Waals surface area (Å²) in [6.45, 7) is 0. The average Bonchev–Trinajstić information content (AvgIpc) is 2.46. The topological polar surface area (TPSA) is 44.8 Å². The van der Waals surface area contributed by atoms with Crippen molar-refractivity contribution in [2.45, 2.75) is 6.29 Å². The summed E-state index contributed by atoms with van der Waals surface area (Å²) in [5.74, 6) is -0.452. The van der Waals surface area contributed by atoms with Crippen LogP contribution in [0.15, 0.2) is 48.1 Å². The van der Waals surface area contributed by atoms with Crippen LogP contribution >= 0.6 is 0 Å². The first-order valence-corrected chi connectivity index (χ1v) is 5.79. The molecule has 1 rings (SSSR count). The summed E-state index contributed by atoms with van der Waals surface area (Å²) < 4.78 is 14.9. The molecule has 1 aromatic carbocycles. The highest BCUT2D eigenvalue weighted by Gasteiger charge is 2.11. The third kappa shape index (κ3) is 5.07. The third-order valence-electron chi connectivity index (χ3n) is 2.45. The molecule has 0 aliphatic heterocycles. The highest BCUT2D eigenvalue weighted by atomic mass is 16.7. The van der Waals surface area contributed by atoms with Crippen LogP contribution in [-0.4, -0.2) is 33.6 Å².